The highest BCUT2D eigenvalue weighted by atomic mass is 35.5. The first-order valence-corrected chi connectivity index (χ1v) is 2.67. The molecule has 0 aromatic heterocycles. The van der Waals surface area contributed by atoms with Crippen LogP contribution in [0.3, 0.4) is 0 Å². The molecule has 1 N–H and O–H groups in total. The van der Waals surface area contributed by atoms with Gasteiger partial charge in [0.15, 0.2) is 0 Å². The molecule has 2 fully saturated rings. The van der Waals surface area contributed by atoms with Gasteiger partial charge in [-0.1, -0.05) is 0 Å². The lowest BCUT2D eigenvalue weighted by Gasteiger charge is -2.26. The average molecular weight is 228 g/mol. The van der Waals surface area contributed by atoms with Gasteiger partial charge in [-0.25, -0.2) is 0 Å². The zero-order valence-electron chi connectivity index (χ0n) is 20.8. The summed E-state index contributed by atoms with van der Waals surface area (Å²) in [4.78, 5) is -0.543. The predicted octanol–water partition coefficient (Wildman–Crippen LogP) is 1.15. The molecule has 2 rings (SSSR count). The molecule has 1 aliphatic heterocycles. The second-order valence-corrected chi connectivity index (χ2v) is 1.67. The van der Waals surface area contributed by atoms with Crippen molar-refractivity contribution in [3.8, 4) is 0 Å². The van der Waals surface area contributed by atoms with Gasteiger partial charge in [0.2, 0.25) is 0 Å². The summed E-state index contributed by atoms with van der Waals surface area (Å²) in [5.41, 5.74) is 0. The molecule has 1 saturated carbocycles. The van der Waals surface area contributed by atoms with Crippen LogP contribution in [-0.2, 0) is 0 Å². The van der Waals surface area contributed by atoms with Gasteiger partial charge in [0.25, 0.3) is 0 Å². The fraction of sp³-hybridized carbons (Fsp3) is 1.00. The lowest BCUT2D eigenvalue weighted by atomic mass is 10.3. The van der Waals surface area contributed by atoms with Gasteiger partial charge in [0.05, 0.1) is 0 Å². The minimum Gasteiger partial charge on any atom is -0.314 e. The molecule has 0 atom stereocenters. The van der Waals surface area contributed by atoms with Gasteiger partial charge in [0.1, 0.15) is 0 Å². The van der Waals surface area contributed by atoms with Crippen molar-refractivity contribution in [1.29, 1.82) is 0 Å². The summed E-state index contributed by atoms with van der Waals surface area (Å²) >= 11 is 0. The Kier molecular flexibility index (Phi) is 1.18. The number of piperazine rings is 1. The van der Waals surface area contributed by atoms with Crippen LogP contribution in [0.1, 0.15) is 33.3 Å². The standard InChI is InChI=1S/C8H16N2.2ClH/c1-2-8(1)7-10-5-3-9-4-6-10;;/h8-9H,1-7H2;2*1H/i1D2,2D2,3D2,4D2,5D2,6D2,7D2,8D;;. The molecule has 2 aliphatic rings. The van der Waals surface area contributed by atoms with E-state index >= 15 is 0 Å². The molecule has 1 heterocycles. The minimum atomic E-state index is -3.75. The Balaban J connectivity index is 0.00000338. The maximum absolute atomic E-state index is 7.99. The lowest BCUT2D eigenvalue weighted by molar-refractivity contribution is 0.232. The topological polar surface area (TPSA) is 15.3 Å². The van der Waals surface area contributed by atoms with Crippen molar-refractivity contribution in [3.63, 3.8) is 0 Å². The van der Waals surface area contributed by atoms with Crippen molar-refractivity contribution in [2.75, 3.05) is 32.5 Å². The normalized spacial score (nSPS) is 71.5. The summed E-state index contributed by atoms with van der Waals surface area (Å²) in [6, 6.07) is 0. The van der Waals surface area contributed by atoms with Gasteiger partial charge in [-0.15, -0.1) is 24.8 Å². The van der Waals surface area contributed by atoms with E-state index in [-0.39, 0.29) is 24.8 Å². The first-order valence-electron chi connectivity index (χ1n) is 10.2. The van der Waals surface area contributed by atoms with Gasteiger partial charge >= 0.3 is 0 Å². The van der Waals surface area contributed by atoms with E-state index in [1.54, 1.807) is 0 Å². The van der Waals surface area contributed by atoms with E-state index in [0.717, 1.165) is 0 Å². The Morgan fingerprint density at radius 2 is 2.00 bits per heavy atom. The van der Waals surface area contributed by atoms with Crippen LogP contribution in [0.4, 0.5) is 0 Å². The number of nitrogens with zero attached hydrogens (tertiary/aromatic N) is 1. The molecule has 0 radical (unpaired) electrons. The predicted molar refractivity (Wildman–Crippen MR) is 56.5 cm³/mol. The molecule has 0 unspecified atom stereocenters. The molecule has 0 aromatic rings. The van der Waals surface area contributed by atoms with Crippen LogP contribution in [0.15, 0.2) is 0 Å². The zero-order chi connectivity index (χ0) is 20.3. The number of nitrogens with one attached hydrogen (secondary N) is 1. The highest BCUT2D eigenvalue weighted by Gasteiger charge is 2.24. The van der Waals surface area contributed by atoms with Crippen LogP contribution in [0.2, 0.25) is 0 Å². The second-order valence-electron chi connectivity index (χ2n) is 1.67. The van der Waals surface area contributed by atoms with Crippen molar-refractivity contribution in [3.05, 3.63) is 0 Å². The van der Waals surface area contributed by atoms with Crippen LogP contribution in [0, 0.1) is 5.89 Å². The largest absolute Gasteiger partial charge is 0.314 e. The number of rotatable bonds is 2. The molecular weight excluding hydrogens is 195 g/mol. The van der Waals surface area contributed by atoms with Crippen LogP contribution < -0.4 is 5.32 Å². The maximum Gasteiger partial charge on any atom is 0.0444 e. The Hall–Kier alpha value is 0.500. The van der Waals surface area contributed by atoms with Gasteiger partial charge in [-0.2, -0.15) is 0 Å². The smallest absolute Gasteiger partial charge is 0.0444 e. The molecule has 1 aliphatic carbocycles. The van der Waals surface area contributed by atoms with Crippen molar-refractivity contribution < 1.29 is 20.6 Å². The third-order valence-electron chi connectivity index (χ3n) is 0.934. The average Bonchev–Trinajstić information content (AvgIpc) is 2.64. The summed E-state index contributed by atoms with van der Waals surface area (Å²) in [6.07, 6.45) is -6.28. The van der Waals surface area contributed by atoms with E-state index in [2.05, 4.69) is 0 Å². The van der Waals surface area contributed by atoms with Gasteiger partial charge < -0.3 is 10.2 Å². The van der Waals surface area contributed by atoms with E-state index in [1.165, 1.54) is 5.32 Å². The first kappa shape index (κ1) is 2.35. The van der Waals surface area contributed by atoms with E-state index < -0.39 is 56.0 Å². The molecule has 0 bridgehead atoms. The quantitative estimate of drug-likeness (QED) is 0.762. The molecule has 0 amide bonds. The van der Waals surface area contributed by atoms with Crippen LogP contribution in [0.25, 0.3) is 0 Å². The number of hydrogen-bond acceptors (Lipinski definition) is 2. The van der Waals surface area contributed by atoms with Gasteiger partial charge in [-0.3, -0.25) is 0 Å². The minimum absolute atomic E-state index is 0. The Bertz CT molecular complexity index is 565. The fourth-order valence-corrected chi connectivity index (χ4v) is 0.482. The van der Waals surface area contributed by atoms with E-state index in [9.17, 15) is 0 Å². The second kappa shape index (κ2) is 6.03. The highest BCUT2D eigenvalue weighted by Crippen LogP contribution is 2.29. The molecule has 1 saturated heterocycles. The summed E-state index contributed by atoms with van der Waals surface area (Å²) in [5, 5.41) is 1.49. The SMILES string of the molecule is Cl.Cl.[2H]C1([2H])NC([2H])([2H])C([2H])([2H])N(C([2H])([2H])C2([2H])C([2H])([2H])C2([2H])[2H])C1([2H])[2H]. The highest BCUT2D eigenvalue weighted by molar-refractivity contribution is 5.85. The molecule has 4 heteroatoms. The molecule has 0 aromatic carbocycles. The van der Waals surface area contributed by atoms with E-state index in [4.69, 9.17) is 20.6 Å². The third kappa shape index (κ3) is 3.94. The van der Waals surface area contributed by atoms with Crippen molar-refractivity contribution in [2.24, 2.45) is 5.89 Å². The molecule has 2 nitrogen and oxygen atoms in total. The van der Waals surface area contributed by atoms with Crippen LogP contribution >= 0.6 is 24.8 Å². The Morgan fingerprint density at radius 1 is 1.42 bits per heavy atom. The molecular formula is C8H18Cl2N2. The molecule has 0 spiro atoms. The van der Waals surface area contributed by atoms with E-state index in [1.807, 2.05) is 0 Å². The van der Waals surface area contributed by atoms with Crippen molar-refractivity contribution >= 4 is 24.8 Å². The lowest BCUT2D eigenvalue weighted by Crippen LogP contribution is -2.44. The summed E-state index contributed by atoms with van der Waals surface area (Å²) in [7, 11) is 0. The summed E-state index contributed by atoms with van der Waals surface area (Å²) in [6.45, 7) is -17.6. The van der Waals surface area contributed by atoms with Crippen LogP contribution in [-0.4, -0.2) is 37.4 Å². The van der Waals surface area contributed by atoms with Crippen molar-refractivity contribution in [1.82, 2.24) is 10.2 Å². The Labute approximate surface area is 108 Å². The monoisotopic (exact) mass is 227 g/mol. The third-order valence-corrected chi connectivity index (χ3v) is 0.934. The van der Waals surface area contributed by atoms with Crippen LogP contribution in [0.5, 0.6) is 0 Å². The first-order chi connectivity index (χ1) is 10.6. The summed E-state index contributed by atoms with van der Waals surface area (Å²) in [5.74, 6) is -3.32. The van der Waals surface area contributed by atoms with Crippen molar-refractivity contribution in [2.45, 2.75) is 12.7 Å². The van der Waals surface area contributed by atoms with Gasteiger partial charge in [-0.05, 0) is 18.6 Å². The number of halogens is 2. The van der Waals surface area contributed by atoms with Gasteiger partial charge in [0, 0.05) is 53.0 Å². The summed E-state index contributed by atoms with van der Waals surface area (Å²) < 4.78 is 116. The molecule has 74 valence electrons. The Morgan fingerprint density at radius 3 is 2.50 bits per heavy atom. The fourth-order valence-electron chi connectivity index (χ4n) is 0.482. The number of hydrogen-bond donors (Lipinski definition) is 1. The molecule has 12 heavy (non-hydrogen) atoms. The van der Waals surface area contributed by atoms with E-state index in [0.29, 0.717) is 0 Å². The maximum atomic E-state index is 7.99. The zero-order valence-corrected chi connectivity index (χ0v) is 7.40.